The number of ketones is 1. The molecule has 456 valence electrons. The summed E-state index contributed by atoms with van der Waals surface area (Å²) < 4.78 is 20.6. The number of methoxy groups -OCH3 is 1. The van der Waals surface area contributed by atoms with E-state index in [2.05, 4.69) is 266 Å². The summed E-state index contributed by atoms with van der Waals surface area (Å²) in [5, 5.41) is 2.34. The molecule has 1 aromatic heterocycles. The lowest BCUT2D eigenvalue weighted by Crippen LogP contribution is -2.30. The van der Waals surface area contributed by atoms with Crippen LogP contribution in [0.15, 0.2) is 218 Å². The summed E-state index contributed by atoms with van der Waals surface area (Å²) in [6, 6.07) is 77.6. The molecular weight excluding hydrogens is 1100 g/mol. The third kappa shape index (κ3) is 12.1. The van der Waals surface area contributed by atoms with Gasteiger partial charge >= 0.3 is 0 Å². The number of rotatable bonds is 23. The second kappa shape index (κ2) is 25.8. The fraction of sp³-hybridized carbons (Fsp3) is 0.274. The molecule has 0 spiro atoms. The third-order valence-electron chi connectivity index (χ3n) is 19.5. The molecule has 90 heavy (non-hydrogen) atoms. The number of unbranched alkanes of at least 4 members (excludes halogenated alkanes) is 7. The van der Waals surface area contributed by atoms with Gasteiger partial charge in [-0.15, -0.1) is 0 Å². The van der Waals surface area contributed by atoms with Crippen LogP contribution in [-0.4, -0.2) is 30.7 Å². The van der Waals surface area contributed by atoms with Crippen LogP contribution < -0.4 is 19.1 Å². The minimum absolute atomic E-state index is 0.0169. The minimum Gasteiger partial charge on any atom is -0.497 e. The Bertz CT molecular complexity index is 4330. The van der Waals surface area contributed by atoms with Gasteiger partial charge in [0.25, 0.3) is 0 Å². The van der Waals surface area contributed by atoms with Gasteiger partial charge in [-0.25, -0.2) is 0 Å². The Morgan fingerprint density at radius 2 is 0.900 bits per heavy atom. The van der Waals surface area contributed by atoms with Crippen molar-refractivity contribution in [3.05, 3.63) is 280 Å². The average Bonchev–Trinajstić information content (AvgIpc) is 1.26. The van der Waals surface area contributed by atoms with Crippen molar-refractivity contribution in [2.75, 3.05) is 25.2 Å². The maximum atomic E-state index is 14.4. The van der Waals surface area contributed by atoms with Gasteiger partial charge in [-0.1, -0.05) is 189 Å². The number of para-hydroxylation sites is 2. The molecule has 0 amide bonds. The van der Waals surface area contributed by atoms with E-state index < -0.39 is 0 Å². The van der Waals surface area contributed by atoms with E-state index >= 15 is 0 Å². The van der Waals surface area contributed by atoms with Gasteiger partial charge in [-0.05, 0) is 204 Å². The van der Waals surface area contributed by atoms with Gasteiger partial charge in [0.2, 0.25) is 0 Å². The fourth-order valence-corrected chi connectivity index (χ4v) is 14.2. The number of carbonyl (C=O) groups excluding carboxylic acids is 1. The first-order chi connectivity index (χ1) is 43.5. The lowest BCUT2D eigenvalue weighted by Gasteiger charge is -2.42. The smallest absolute Gasteiger partial charge is 0.193 e. The standard InChI is InChI=1S/C84H86N2O4/c1-57-52-68(89-50-24-15-13-11-12-14-16-25-51-90-69-44-49-73(59(3)54-69)82(4,5)63-26-18-17-19-27-63)42-47-70(57)62-36-45-71-72-46-37-64(83(6,7)74-48-43-67(88-10)53-58(74)2)56-80(72)86(79(71)55-62)66-40-34-61(35-41-66)81(87)60-32-38-65(39-33-60)85-77-30-22-20-28-75(77)84(8,9)76-29-21-23-31-78(76)85/h17-23,26-49,52-56H,11-16,24-25,50-51H2,1-10H3. The number of benzene rings is 10. The highest BCUT2D eigenvalue weighted by atomic mass is 16.5. The molecule has 1 aliphatic heterocycles. The largest absolute Gasteiger partial charge is 0.497 e. The van der Waals surface area contributed by atoms with E-state index in [1.165, 1.54) is 105 Å². The first-order valence-electron chi connectivity index (χ1n) is 32.5. The maximum absolute atomic E-state index is 14.4. The number of carbonyl (C=O) groups is 1. The Morgan fingerprint density at radius 3 is 1.46 bits per heavy atom. The van der Waals surface area contributed by atoms with Crippen LogP contribution in [0.3, 0.4) is 0 Å². The molecule has 0 saturated carbocycles. The molecule has 0 bridgehead atoms. The van der Waals surface area contributed by atoms with Crippen LogP contribution in [0.2, 0.25) is 0 Å². The predicted octanol–water partition coefficient (Wildman–Crippen LogP) is 22.0. The summed E-state index contributed by atoms with van der Waals surface area (Å²) in [6.45, 7) is 21.8. The van der Waals surface area contributed by atoms with Crippen molar-refractivity contribution in [2.45, 2.75) is 130 Å². The number of ether oxygens (including phenoxy) is 3. The zero-order valence-corrected chi connectivity index (χ0v) is 54.4. The van der Waals surface area contributed by atoms with E-state index in [1.54, 1.807) is 7.11 Å². The van der Waals surface area contributed by atoms with Crippen molar-refractivity contribution < 1.29 is 19.0 Å². The predicted molar refractivity (Wildman–Crippen MR) is 375 cm³/mol. The normalized spacial score (nSPS) is 12.9. The Labute approximate surface area is 534 Å². The lowest BCUT2D eigenvalue weighted by atomic mass is 9.73. The summed E-state index contributed by atoms with van der Waals surface area (Å²) >= 11 is 0. The molecule has 0 aliphatic carbocycles. The minimum atomic E-state index is -0.311. The number of nitrogens with zero attached hydrogens (tertiary/aromatic N) is 2. The van der Waals surface area contributed by atoms with Crippen LogP contribution in [0.5, 0.6) is 17.2 Å². The second-order valence-electron chi connectivity index (χ2n) is 26.5. The van der Waals surface area contributed by atoms with E-state index in [-0.39, 0.29) is 22.0 Å². The van der Waals surface area contributed by atoms with Gasteiger partial charge in [0.05, 0.1) is 42.7 Å². The summed E-state index contributed by atoms with van der Waals surface area (Å²) in [4.78, 5) is 16.8. The lowest BCUT2D eigenvalue weighted by molar-refractivity contribution is 0.103. The van der Waals surface area contributed by atoms with Gasteiger partial charge in [0.1, 0.15) is 17.2 Å². The number of hydrogen-bond acceptors (Lipinski definition) is 5. The zero-order valence-electron chi connectivity index (χ0n) is 54.4. The van der Waals surface area contributed by atoms with Gasteiger partial charge in [-0.3, -0.25) is 4.79 Å². The highest BCUT2D eigenvalue weighted by Crippen LogP contribution is 2.52. The molecule has 0 saturated heterocycles. The summed E-state index contributed by atoms with van der Waals surface area (Å²) in [6.07, 6.45) is 9.47. The van der Waals surface area contributed by atoms with Crippen LogP contribution in [-0.2, 0) is 16.2 Å². The van der Waals surface area contributed by atoms with Gasteiger partial charge in [0.15, 0.2) is 5.78 Å². The monoisotopic (exact) mass is 1190 g/mol. The highest BCUT2D eigenvalue weighted by molar-refractivity contribution is 6.11. The summed E-state index contributed by atoms with van der Waals surface area (Å²) in [5.41, 5.74) is 20.9. The van der Waals surface area contributed by atoms with Crippen molar-refractivity contribution in [3.8, 4) is 34.1 Å². The Kier molecular flexibility index (Phi) is 17.5. The molecule has 6 nitrogen and oxygen atoms in total. The van der Waals surface area contributed by atoms with Gasteiger partial charge < -0.3 is 23.7 Å². The molecule has 0 fully saturated rings. The molecule has 12 rings (SSSR count). The van der Waals surface area contributed by atoms with Crippen LogP contribution in [0.1, 0.15) is 159 Å². The second-order valence-corrected chi connectivity index (χ2v) is 26.5. The SMILES string of the molecule is COc1ccc(C(C)(C)c2ccc3c4ccc(-c5ccc(OCCCCCCCCCCOc6ccc(C(C)(C)c7ccccc7)c(C)c6)cc5C)cc4n(-c4ccc(C(=O)c5ccc(N6c7ccccc7C(C)(C)c7ccccc76)cc5)cc4)c3c2)c(C)c1. The van der Waals surface area contributed by atoms with Crippen molar-refractivity contribution >= 4 is 44.7 Å². The highest BCUT2D eigenvalue weighted by Gasteiger charge is 2.37. The fourth-order valence-electron chi connectivity index (χ4n) is 14.2. The molecule has 10 aromatic carbocycles. The quantitative estimate of drug-likeness (QED) is 0.0472. The first kappa shape index (κ1) is 61.1. The van der Waals surface area contributed by atoms with Crippen LogP contribution in [0.25, 0.3) is 38.6 Å². The van der Waals surface area contributed by atoms with E-state index in [0.717, 1.165) is 76.0 Å². The number of anilines is 3. The molecule has 1 aliphatic rings. The zero-order chi connectivity index (χ0) is 62.7. The molecule has 0 unspecified atom stereocenters. The summed E-state index contributed by atoms with van der Waals surface area (Å²) in [5.74, 6) is 2.71. The Hall–Kier alpha value is -9.13. The average molecular weight is 1190 g/mol. The van der Waals surface area contributed by atoms with E-state index in [4.69, 9.17) is 14.2 Å². The number of aryl methyl sites for hydroxylation is 3. The van der Waals surface area contributed by atoms with Gasteiger partial charge in [0, 0.05) is 49.5 Å². The van der Waals surface area contributed by atoms with Crippen molar-refractivity contribution in [3.63, 3.8) is 0 Å². The number of hydrogen-bond donors (Lipinski definition) is 0. The van der Waals surface area contributed by atoms with Crippen LogP contribution in [0, 0.1) is 20.8 Å². The molecular formula is C84H86N2O4. The van der Waals surface area contributed by atoms with E-state index in [1.807, 2.05) is 24.3 Å². The number of aromatic nitrogens is 1. The van der Waals surface area contributed by atoms with Crippen molar-refractivity contribution in [2.24, 2.45) is 0 Å². The van der Waals surface area contributed by atoms with Crippen LogP contribution in [0.4, 0.5) is 17.1 Å². The van der Waals surface area contributed by atoms with Crippen LogP contribution >= 0.6 is 0 Å². The molecule has 6 heteroatoms. The van der Waals surface area contributed by atoms with Gasteiger partial charge in [-0.2, -0.15) is 0 Å². The Balaban J connectivity index is 0.710. The molecule has 2 heterocycles. The molecule has 0 N–H and O–H groups in total. The Morgan fingerprint density at radius 1 is 0.433 bits per heavy atom. The maximum Gasteiger partial charge on any atom is 0.193 e. The third-order valence-corrected chi connectivity index (χ3v) is 19.5. The van der Waals surface area contributed by atoms with E-state index in [9.17, 15) is 4.79 Å². The topological polar surface area (TPSA) is 52.9 Å². The van der Waals surface area contributed by atoms with Crippen molar-refractivity contribution in [1.82, 2.24) is 4.57 Å². The number of fused-ring (bicyclic) bond motifs is 5. The molecule has 11 aromatic rings. The van der Waals surface area contributed by atoms with E-state index in [0.29, 0.717) is 17.7 Å². The first-order valence-corrected chi connectivity index (χ1v) is 32.5. The molecule has 0 radical (unpaired) electrons. The van der Waals surface area contributed by atoms with Crippen molar-refractivity contribution in [1.29, 1.82) is 0 Å². The summed E-state index contributed by atoms with van der Waals surface area (Å²) in [7, 11) is 1.72. The molecule has 0 atom stereocenters.